The van der Waals surface area contributed by atoms with Crippen molar-refractivity contribution in [2.24, 2.45) is 0 Å². The fourth-order valence-electron chi connectivity index (χ4n) is 2.07. The number of halogens is 1. The third-order valence-corrected chi connectivity index (χ3v) is 3.26. The SMILES string of the molecule is COCCCCOc1ccc2cc(C#CCCl)ccc2c1. The van der Waals surface area contributed by atoms with Gasteiger partial charge in [-0.05, 0) is 47.9 Å². The molecule has 0 unspecified atom stereocenters. The summed E-state index contributed by atoms with van der Waals surface area (Å²) in [5.74, 6) is 7.15. The number of benzene rings is 2. The molecule has 110 valence electrons. The summed E-state index contributed by atoms with van der Waals surface area (Å²) in [4.78, 5) is 0. The molecular formula is C18H19ClO2. The quantitative estimate of drug-likeness (QED) is 0.451. The van der Waals surface area contributed by atoms with E-state index in [-0.39, 0.29) is 0 Å². The first-order valence-corrected chi connectivity index (χ1v) is 7.57. The number of fused-ring (bicyclic) bond motifs is 1. The fourth-order valence-corrected chi connectivity index (χ4v) is 2.13. The van der Waals surface area contributed by atoms with Gasteiger partial charge in [-0.25, -0.2) is 0 Å². The minimum Gasteiger partial charge on any atom is -0.494 e. The molecule has 21 heavy (non-hydrogen) atoms. The van der Waals surface area contributed by atoms with Crippen molar-refractivity contribution in [3.63, 3.8) is 0 Å². The van der Waals surface area contributed by atoms with Crippen molar-refractivity contribution >= 4 is 22.4 Å². The molecule has 0 heterocycles. The molecule has 0 N–H and O–H groups in total. The lowest BCUT2D eigenvalue weighted by Crippen LogP contribution is -1.99. The lowest BCUT2D eigenvalue weighted by molar-refractivity contribution is 0.184. The summed E-state index contributed by atoms with van der Waals surface area (Å²) in [5.41, 5.74) is 0.983. The zero-order valence-corrected chi connectivity index (χ0v) is 13.0. The largest absolute Gasteiger partial charge is 0.494 e. The van der Waals surface area contributed by atoms with E-state index in [1.165, 1.54) is 0 Å². The molecule has 0 aliphatic carbocycles. The molecule has 3 heteroatoms. The zero-order chi connectivity index (χ0) is 14.9. The second-order valence-corrected chi connectivity index (χ2v) is 4.97. The molecular weight excluding hydrogens is 284 g/mol. The highest BCUT2D eigenvalue weighted by Crippen LogP contribution is 2.22. The molecule has 0 bridgehead atoms. The summed E-state index contributed by atoms with van der Waals surface area (Å²) in [6.07, 6.45) is 2.02. The van der Waals surface area contributed by atoms with Crippen LogP contribution < -0.4 is 4.74 Å². The average Bonchev–Trinajstić information content (AvgIpc) is 2.52. The monoisotopic (exact) mass is 302 g/mol. The number of unbranched alkanes of at least 4 members (excludes halogenated alkanes) is 1. The Morgan fingerprint density at radius 3 is 2.57 bits per heavy atom. The average molecular weight is 303 g/mol. The third-order valence-electron chi connectivity index (χ3n) is 3.12. The smallest absolute Gasteiger partial charge is 0.119 e. The Morgan fingerprint density at radius 2 is 1.76 bits per heavy atom. The van der Waals surface area contributed by atoms with Crippen LogP contribution in [-0.4, -0.2) is 26.2 Å². The van der Waals surface area contributed by atoms with Crippen LogP contribution in [0.2, 0.25) is 0 Å². The first-order chi connectivity index (χ1) is 10.3. The molecule has 0 amide bonds. The van der Waals surface area contributed by atoms with Gasteiger partial charge < -0.3 is 9.47 Å². The van der Waals surface area contributed by atoms with Crippen LogP contribution in [0.25, 0.3) is 10.8 Å². The Hall–Kier alpha value is -1.69. The van der Waals surface area contributed by atoms with Gasteiger partial charge in [-0.3, -0.25) is 0 Å². The molecule has 2 aromatic carbocycles. The van der Waals surface area contributed by atoms with Gasteiger partial charge in [0.2, 0.25) is 0 Å². The van der Waals surface area contributed by atoms with E-state index in [0.717, 1.165) is 41.5 Å². The standard InChI is InChI=1S/C18H19ClO2/c1-20-11-2-3-12-21-18-9-8-16-13-15(5-4-10-19)6-7-17(16)14-18/h6-9,13-14H,2-3,10-12H2,1H3. The van der Waals surface area contributed by atoms with E-state index in [1.807, 2.05) is 12.1 Å². The summed E-state index contributed by atoms with van der Waals surface area (Å²) in [7, 11) is 1.72. The Balaban J connectivity index is 2.01. The maximum atomic E-state index is 5.75. The van der Waals surface area contributed by atoms with E-state index < -0.39 is 0 Å². The maximum Gasteiger partial charge on any atom is 0.119 e. The van der Waals surface area contributed by atoms with E-state index in [2.05, 4.69) is 36.1 Å². The minimum absolute atomic E-state index is 0.355. The predicted octanol–water partition coefficient (Wildman–Crippen LogP) is 4.24. The van der Waals surface area contributed by atoms with Crippen molar-refractivity contribution in [1.29, 1.82) is 0 Å². The third kappa shape index (κ3) is 4.97. The van der Waals surface area contributed by atoms with Crippen LogP contribution in [0.5, 0.6) is 5.75 Å². The van der Waals surface area contributed by atoms with Crippen LogP contribution >= 0.6 is 11.6 Å². The molecule has 2 nitrogen and oxygen atoms in total. The second kappa shape index (κ2) is 8.56. The van der Waals surface area contributed by atoms with Crippen molar-refractivity contribution < 1.29 is 9.47 Å². The number of hydrogen-bond acceptors (Lipinski definition) is 2. The highest BCUT2D eigenvalue weighted by atomic mass is 35.5. The summed E-state index contributed by atoms with van der Waals surface area (Å²) < 4.78 is 10.8. The van der Waals surface area contributed by atoms with E-state index in [4.69, 9.17) is 21.1 Å². The Morgan fingerprint density at radius 1 is 1.00 bits per heavy atom. The lowest BCUT2D eigenvalue weighted by atomic mass is 10.1. The maximum absolute atomic E-state index is 5.75. The summed E-state index contributed by atoms with van der Waals surface area (Å²) in [5, 5.41) is 2.31. The minimum atomic E-state index is 0.355. The molecule has 0 saturated heterocycles. The molecule has 0 aliphatic rings. The number of alkyl halides is 1. The van der Waals surface area contributed by atoms with Crippen LogP contribution in [0, 0.1) is 11.8 Å². The number of ether oxygens (including phenoxy) is 2. The predicted molar refractivity (Wildman–Crippen MR) is 88.2 cm³/mol. The Kier molecular flexibility index (Phi) is 6.40. The van der Waals surface area contributed by atoms with Crippen LogP contribution in [0.4, 0.5) is 0 Å². The van der Waals surface area contributed by atoms with Crippen molar-refractivity contribution in [1.82, 2.24) is 0 Å². The zero-order valence-electron chi connectivity index (χ0n) is 12.2. The van der Waals surface area contributed by atoms with E-state index in [9.17, 15) is 0 Å². The fraction of sp³-hybridized carbons (Fsp3) is 0.333. The summed E-state index contributed by atoms with van der Waals surface area (Å²) in [6.45, 7) is 1.50. The van der Waals surface area contributed by atoms with Gasteiger partial charge in [0.15, 0.2) is 0 Å². The van der Waals surface area contributed by atoms with Gasteiger partial charge >= 0.3 is 0 Å². The van der Waals surface area contributed by atoms with Crippen molar-refractivity contribution in [3.05, 3.63) is 42.0 Å². The lowest BCUT2D eigenvalue weighted by Gasteiger charge is -2.07. The highest BCUT2D eigenvalue weighted by molar-refractivity contribution is 6.19. The first-order valence-electron chi connectivity index (χ1n) is 7.04. The van der Waals surface area contributed by atoms with Crippen LogP contribution in [0.15, 0.2) is 36.4 Å². The van der Waals surface area contributed by atoms with Gasteiger partial charge in [0.25, 0.3) is 0 Å². The molecule has 0 fully saturated rings. The van der Waals surface area contributed by atoms with Gasteiger partial charge in [0, 0.05) is 19.3 Å². The Bertz CT molecular complexity index is 640. The molecule has 2 aromatic rings. The molecule has 0 aliphatic heterocycles. The topological polar surface area (TPSA) is 18.5 Å². The van der Waals surface area contributed by atoms with Crippen molar-refractivity contribution in [2.75, 3.05) is 26.2 Å². The summed E-state index contributed by atoms with van der Waals surface area (Å²) in [6, 6.07) is 12.3. The second-order valence-electron chi connectivity index (χ2n) is 4.71. The van der Waals surface area contributed by atoms with E-state index in [1.54, 1.807) is 7.11 Å². The number of rotatable bonds is 6. The molecule has 0 atom stereocenters. The van der Waals surface area contributed by atoms with Gasteiger partial charge in [0.1, 0.15) is 5.75 Å². The van der Waals surface area contributed by atoms with Crippen LogP contribution in [0.1, 0.15) is 18.4 Å². The van der Waals surface area contributed by atoms with Crippen LogP contribution in [-0.2, 0) is 4.74 Å². The van der Waals surface area contributed by atoms with Gasteiger partial charge in [-0.1, -0.05) is 24.0 Å². The van der Waals surface area contributed by atoms with Crippen LogP contribution in [0.3, 0.4) is 0 Å². The molecule has 0 aromatic heterocycles. The van der Waals surface area contributed by atoms with Gasteiger partial charge in [-0.15, -0.1) is 11.6 Å². The number of methoxy groups -OCH3 is 1. The van der Waals surface area contributed by atoms with E-state index >= 15 is 0 Å². The highest BCUT2D eigenvalue weighted by Gasteiger charge is 1.99. The van der Waals surface area contributed by atoms with Gasteiger partial charge in [-0.2, -0.15) is 0 Å². The Labute approximate surface area is 131 Å². The first kappa shape index (κ1) is 15.7. The summed E-state index contributed by atoms with van der Waals surface area (Å²) >= 11 is 5.57. The molecule has 0 spiro atoms. The molecule has 0 radical (unpaired) electrons. The van der Waals surface area contributed by atoms with Crippen molar-refractivity contribution in [2.45, 2.75) is 12.8 Å². The molecule has 0 saturated carbocycles. The molecule has 2 rings (SSSR count). The van der Waals surface area contributed by atoms with E-state index in [0.29, 0.717) is 12.5 Å². The normalized spacial score (nSPS) is 10.2. The number of hydrogen-bond donors (Lipinski definition) is 0. The van der Waals surface area contributed by atoms with Crippen molar-refractivity contribution in [3.8, 4) is 17.6 Å². The van der Waals surface area contributed by atoms with Gasteiger partial charge in [0.05, 0.1) is 12.5 Å².